The first-order chi connectivity index (χ1) is 17.7. The van der Waals surface area contributed by atoms with Crippen molar-refractivity contribution in [3.63, 3.8) is 0 Å². The SMILES string of the molecule is CCO[C@H]1CN(C(=O)C(CC(C)C)NC(=O)c2ccc(N3CCN(C(C)C)CC3)cc2)[C@@H]2C(=O)CO[C@H]12. The fourth-order valence-electron chi connectivity index (χ4n) is 5.65. The van der Waals surface area contributed by atoms with Crippen LogP contribution in [0.1, 0.15) is 51.4 Å². The molecule has 1 aromatic rings. The van der Waals surface area contributed by atoms with E-state index in [0.29, 0.717) is 24.6 Å². The Labute approximate surface area is 220 Å². The number of hydrogen-bond acceptors (Lipinski definition) is 7. The molecule has 0 aliphatic carbocycles. The highest BCUT2D eigenvalue weighted by atomic mass is 16.6. The predicted octanol–water partition coefficient (Wildman–Crippen LogP) is 1.95. The van der Waals surface area contributed by atoms with E-state index in [9.17, 15) is 14.4 Å². The molecule has 9 heteroatoms. The summed E-state index contributed by atoms with van der Waals surface area (Å²) in [5, 5.41) is 2.96. The van der Waals surface area contributed by atoms with Gasteiger partial charge in [-0.15, -0.1) is 0 Å². The molecule has 1 aromatic carbocycles. The molecule has 0 aromatic heterocycles. The Morgan fingerprint density at radius 1 is 1.08 bits per heavy atom. The van der Waals surface area contributed by atoms with Crippen molar-refractivity contribution >= 4 is 23.3 Å². The number of fused-ring (bicyclic) bond motifs is 1. The van der Waals surface area contributed by atoms with E-state index in [4.69, 9.17) is 9.47 Å². The number of benzene rings is 1. The van der Waals surface area contributed by atoms with Crippen molar-refractivity contribution in [3.05, 3.63) is 29.8 Å². The molecule has 3 fully saturated rings. The van der Waals surface area contributed by atoms with Gasteiger partial charge in [0, 0.05) is 50.1 Å². The first kappa shape index (κ1) is 27.5. The van der Waals surface area contributed by atoms with Crippen LogP contribution >= 0.6 is 0 Å². The van der Waals surface area contributed by atoms with Crippen LogP contribution in [-0.2, 0) is 19.1 Å². The van der Waals surface area contributed by atoms with Crippen molar-refractivity contribution in [1.29, 1.82) is 0 Å². The summed E-state index contributed by atoms with van der Waals surface area (Å²) in [5.41, 5.74) is 1.61. The third-order valence-corrected chi connectivity index (χ3v) is 7.65. The Bertz CT molecular complexity index is 958. The van der Waals surface area contributed by atoms with Gasteiger partial charge in [0.15, 0.2) is 5.78 Å². The second-order valence-corrected chi connectivity index (χ2v) is 11.0. The maximum Gasteiger partial charge on any atom is 0.251 e. The number of Topliss-reactive ketones (excluding diaryl/α,β-unsaturated/α-hetero) is 1. The van der Waals surface area contributed by atoms with Crippen LogP contribution in [-0.4, -0.2) is 104 Å². The highest BCUT2D eigenvalue weighted by molar-refractivity contribution is 5.99. The quantitative estimate of drug-likeness (QED) is 0.539. The summed E-state index contributed by atoms with van der Waals surface area (Å²) in [6, 6.07) is 6.77. The Balaban J connectivity index is 1.42. The Morgan fingerprint density at radius 2 is 1.76 bits per heavy atom. The van der Waals surface area contributed by atoms with Gasteiger partial charge in [-0.25, -0.2) is 0 Å². The number of amides is 2. The van der Waals surface area contributed by atoms with Gasteiger partial charge in [-0.1, -0.05) is 13.8 Å². The molecule has 4 atom stereocenters. The number of anilines is 1. The molecule has 0 bridgehead atoms. The molecule has 3 heterocycles. The summed E-state index contributed by atoms with van der Waals surface area (Å²) < 4.78 is 11.4. The van der Waals surface area contributed by atoms with Crippen molar-refractivity contribution in [2.75, 3.05) is 50.8 Å². The number of piperazine rings is 1. The number of likely N-dealkylation sites (tertiary alicyclic amines) is 1. The Hall–Kier alpha value is -2.49. The number of hydrogen-bond donors (Lipinski definition) is 1. The molecule has 3 aliphatic heterocycles. The van der Waals surface area contributed by atoms with E-state index in [1.165, 1.54) is 0 Å². The molecule has 1 unspecified atom stereocenters. The van der Waals surface area contributed by atoms with Gasteiger partial charge in [0.05, 0.1) is 6.54 Å². The van der Waals surface area contributed by atoms with Gasteiger partial charge >= 0.3 is 0 Å². The van der Waals surface area contributed by atoms with Crippen molar-refractivity contribution in [2.24, 2.45) is 5.92 Å². The topological polar surface area (TPSA) is 91.4 Å². The van der Waals surface area contributed by atoms with E-state index < -0.39 is 18.2 Å². The molecule has 0 radical (unpaired) electrons. The van der Waals surface area contributed by atoms with Gasteiger partial charge in [0.2, 0.25) is 5.91 Å². The fraction of sp³-hybridized carbons (Fsp3) is 0.679. The van der Waals surface area contributed by atoms with Crippen LogP contribution in [0.3, 0.4) is 0 Å². The van der Waals surface area contributed by atoms with E-state index in [1.54, 1.807) is 4.90 Å². The summed E-state index contributed by atoms with van der Waals surface area (Å²) in [4.78, 5) is 45.8. The van der Waals surface area contributed by atoms with Crippen LogP contribution < -0.4 is 10.2 Å². The lowest BCUT2D eigenvalue weighted by Crippen LogP contribution is -2.52. The summed E-state index contributed by atoms with van der Waals surface area (Å²) in [5.74, 6) is -0.475. The number of ether oxygens (including phenoxy) is 2. The average Bonchev–Trinajstić information content (AvgIpc) is 3.44. The lowest BCUT2D eigenvalue weighted by Gasteiger charge is -2.38. The van der Waals surface area contributed by atoms with E-state index >= 15 is 0 Å². The molecule has 2 amide bonds. The molecular weight excluding hydrogens is 472 g/mol. The smallest absolute Gasteiger partial charge is 0.251 e. The molecule has 204 valence electrons. The zero-order chi connectivity index (χ0) is 26.7. The minimum Gasteiger partial charge on any atom is -0.374 e. The Morgan fingerprint density at radius 3 is 2.35 bits per heavy atom. The minimum absolute atomic E-state index is 0.0111. The van der Waals surface area contributed by atoms with Crippen molar-refractivity contribution < 1.29 is 23.9 Å². The highest BCUT2D eigenvalue weighted by Gasteiger charge is 2.53. The number of ketones is 1. The molecule has 3 saturated heterocycles. The largest absolute Gasteiger partial charge is 0.374 e. The Kier molecular flexibility index (Phi) is 8.87. The van der Waals surface area contributed by atoms with Crippen LogP contribution in [0.4, 0.5) is 5.69 Å². The minimum atomic E-state index is -0.731. The molecular formula is C28H42N4O5. The van der Waals surface area contributed by atoms with Gasteiger partial charge in [-0.05, 0) is 57.4 Å². The number of rotatable bonds is 9. The summed E-state index contributed by atoms with van der Waals surface area (Å²) in [6.07, 6.45) is -0.303. The second-order valence-electron chi connectivity index (χ2n) is 11.0. The second kappa shape index (κ2) is 11.9. The number of nitrogens with one attached hydrogen (secondary N) is 1. The fourth-order valence-corrected chi connectivity index (χ4v) is 5.65. The molecule has 3 aliphatic rings. The highest BCUT2D eigenvalue weighted by Crippen LogP contribution is 2.30. The van der Waals surface area contributed by atoms with E-state index in [-0.39, 0.29) is 42.8 Å². The first-order valence-electron chi connectivity index (χ1n) is 13.7. The molecule has 0 saturated carbocycles. The van der Waals surface area contributed by atoms with Gasteiger partial charge in [-0.3, -0.25) is 19.3 Å². The maximum atomic E-state index is 13.7. The molecule has 1 N–H and O–H groups in total. The standard InChI is InChI=1S/C28H42N4O5/c1-6-36-24-16-32(25-23(33)17-37-26(24)25)28(35)22(15-18(2)3)29-27(34)20-7-9-21(10-8-20)31-13-11-30(12-14-31)19(4)5/h7-10,18-19,22,24-26H,6,11-17H2,1-5H3,(H,29,34)/t22?,24-,25+,26+/m0/s1. The average molecular weight is 515 g/mol. The third-order valence-electron chi connectivity index (χ3n) is 7.65. The van der Waals surface area contributed by atoms with Crippen LogP contribution in [0.5, 0.6) is 0 Å². The van der Waals surface area contributed by atoms with Gasteiger partial charge in [0.25, 0.3) is 5.91 Å². The van der Waals surface area contributed by atoms with Crippen LogP contribution in [0.15, 0.2) is 24.3 Å². The normalized spacial score (nSPS) is 25.2. The lowest BCUT2D eigenvalue weighted by molar-refractivity contribution is -0.138. The zero-order valence-corrected chi connectivity index (χ0v) is 22.8. The molecule has 9 nitrogen and oxygen atoms in total. The first-order valence-corrected chi connectivity index (χ1v) is 13.7. The van der Waals surface area contributed by atoms with Gasteiger partial charge < -0.3 is 24.6 Å². The van der Waals surface area contributed by atoms with Crippen LogP contribution in [0, 0.1) is 5.92 Å². The zero-order valence-electron chi connectivity index (χ0n) is 22.8. The van der Waals surface area contributed by atoms with E-state index in [2.05, 4.69) is 29.0 Å². The molecule has 37 heavy (non-hydrogen) atoms. The van der Waals surface area contributed by atoms with Crippen molar-refractivity contribution in [3.8, 4) is 0 Å². The summed E-state index contributed by atoms with van der Waals surface area (Å²) in [6.45, 7) is 15.1. The van der Waals surface area contributed by atoms with E-state index in [0.717, 1.165) is 31.9 Å². The van der Waals surface area contributed by atoms with Crippen molar-refractivity contribution in [2.45, 2.75) is 71.4 Å². The molecule has 4 rings (SSSR count). The van der Waals surface area contributed by atoms with Gasteiger partial charge in [0.1, 0.15) is 30.9 Å². The number of nitrogens with zero attached hydrogens (tertiary/aromatic N) is 3. The lowest BCUT2D eigenvalue weighted by atomic mass is 10.0. The summed E-state index contributed by atoms with van der Waals surface area (Å²) in [7, 11) is 0. The predicted molar refractivity (Wildman–Crippen MR) is 142 cm³/mol. The molecule has 0 spiro atoms. The van der Waals surface area contributed by atoms with Gasteiger partial charge in [-0.2, -0.15) is 0 Å². The summed E-state index contributed by atoms with van der Waals surface area (Å²) >= 11 is 0. The third kappa shape index (κ3) is 6.16. The van der Waals surface area contributed by atoms with Crippen LogP contribution in [0.2, 0.25) is 0 Å². The van der Waals surface area contributed by atoms with Crippen LogP contribution in [0.25, 0.3) is 0 Å². The number of carbonyl (C=O) groups excluding carboxylic acids is 3. The van der Waals surface area contributed by atoms with Crippen molar-refractivity contribution in [1.82, 2.24) is 15.1 Å². The monoisotopic (exact) mass is 514 g/mol. The number of carbonyl (C=O) groups is 3. The van der Waals surface area contributed by atoms with E-state index in [1.807, 2.05) is 45.0 Å². The maximum absolute atomic E-state index is 13.7.